The molecule has 0 fully saturated rings. The van der Waals surface area contributed by atoms with Gasteiger partial charge in [0.25, 0.3) is 10.0 Å². The molecule has 2 aromatic rings. The molecule has 2 aromatic carbocycles. The molecular formula is C18H20N2O4S. The van der Waals surface area contributed by atoms with Gasteiger partial charge in [-0.25, -0.2) is 4.83 Å². The lowest BCUT2D eigenvalue weighted by Gasteiger charge is -2.09. The maximum absolute atomic E-state index is 12.2. The number of ether oxygens (including phenoxy) is 2. The largest absolute Gasteiger partial charge is 0.493 e. The topological polar surface area (TPSA) is 77.0 Å². The normalized spacial score (nSPS) is 11.3. The lowest BCUT2D eigenvalue weighted by molar-refractivity contribution is 0.326. The van der Waals surface area contributed by atoms with Crippen LogP contribution in [-0.2, 0) is 10.0 Å². The van der Waals surface area contributed by atoms with Crippen molar-refractivity contribution in [2.45, 2.75) is 11.8 Å². The van der Waals surface area contributed by atoms with Crippen molar-refractivity contribution in [3.63, 3.8) is 0 Å². The number of sulfonamides is 1. The Morgan fingerprint density at radius 1 is 1.16 bits per heavy atom. The van der Waals surface area contributed by atoms with Crippen LogP contribution in [0.2, 0.25) is 0 Å². The molecule has 0 radical (unpaired) electrons. The summed E-state index contributed by atoms with van der Waals surface area (Å²) in [5.74, 6) is 1.09. The predicted molar refractivity (Wildman–Crippen MR) is 97.8 cm³/mol. The fraction of sp³-hybridized carbons (Fsp3) is 0.167. The van der Waals surface area contributed by atoms with Gasteiger partial charge in [-0.2, -0.15) is 13.5 Å². The summed E-state index contributed by atoms with van der Waals surface area (Å²) in [5.41, 5.74) is 1.64. The molecule has 132 valence electrons. The van der Waals surface area contributed by atoms with E-state index >= 15 is 0 Å². The van der Waals surface area contributed by atoms with Crippen molar-refractivity contribution in [1.29, 1.82) is 0 Å². The molecule has 2 rings (SSSR count). The molecule has 0 spiro atoms. The minimum Gasteiger partial charge on any atom is -0.493 e. The maximum Gasteiger partial charge on any atom is 0.276 e. The van der Waals surface area contributed by atoms with E-state index in [-0.39, 0.29) is 4.90 Å². The third kappa shape index (κ3) is 5.09. The fourth-order valence-electron chi connectivity index (χ4n) is 1.97. The number of aryl methyl sites for hydroxylation is 1. The van der Waals surface area contributed by atoms with E-state index in [2.05, 4.69) is 16.5 Å². The average Bonchev–Trinajstić information content (AvgIpc) is 2.60. The second-order valence-corrected chi connectivity index (χ2v) is 6.84. The molecule has 0 aliphatic heterocycles. The number of rotatable bonds is 8. The number of methoxy groups -OCH3 is 1. The number of hydrogen-bond acceptors (Lipinski definition) is 5. The van der Waals surface area contributed by atoms with Crippen molar-refractivity contribution in [1.82, 2.24) is 4.83 Å². The van der Waals surface area contributed by atoms with Crippen molar-refractivity contribution in [3.05, 3.63) is 66.2 Å². The summed E-state index contributed by atoms with van der Waals surface area (Å²) in [6.45, 7) is 5.84. The number of benzene rings is 2. The molecule has 1 N–H and O–H groups in total. The SMILES string of the molecule is C=CCOc1ccc(C=NNS(=O)(=O)c2ccc(C)cc2)cc1OC. The summed E-state index contributed by atoms with van der Waals surface area (Å²) < 4.78 is 35.0. The first-order chi connectivity index (χ1) is 12.0. The van der Waals surface area contributed by atoms with Gasteiger partial charge in [-0.05, 0) is 42.8 Å². The zero-order valence-corrected chi connectivity index (χ0v) is 14.9. The Labute approximate surface area is 147 Å². The van der Waals surface area contributed by atoms with Crippen molar-refractivity contribution < 1.29 is 17.9 Å². The number of hydrogen-bond donors (Lipinski definition) is 1. The van der Waals surface area contributed by atoms with E-state index in [0.717, 1.165) is 5.56 Å². The lowest BCUT2D eigenvalue weighted by Crippen LogP contribution is -2.18. The number of nitrogens with one attached hydrogen (secondary N) is 1. The first-order valence-corrected chi connectivity index (χ1v) is 8.98. The van der Waals surface area contributed by atoms with E-state index < -0.39 is 10.0 Å². The monoisotopic (exact) mass is 360 g/mol. The van der Waals surface area contributed by atoms with Gasteiger partial charge < -0.3 is 9.47 Å². The van der Waals surface area contributed by atoms with Crippen LogP contribution in [0.4, 0.5) is 0 Å². The zero-order chi connectivity index (χ0) is 18.3. The van der Waals surface area contributed by atoms with Gasteiger partial charge in [0.15, 0.2) is 11.5 Å². The molecule has 0 aliphatic rings. The van der Waals surface area contributed by atoms with E-state index in [1.54, 1.807) is 36.4 Å². The Hall–Kier alpha value is -2.80. The van der Waals surface area contributed by atoms with Gasteiger partial charge in [0.2, 0.25) is 0 Å². The first kappa shape index (κ1) is 18.5. The summed E-state index contributed by atoms with van der Waals surface area (Å²) in [6, 6.07) is 11.7. The van der Waals surface area contributed by atoms with Gasteiger partial charge >= 0.3 is 0 Å². The molecular weight excluding hydrogens is 340 g/mol. The van der Waals surface area contributed by atoms with Crippen LogP contribution in [0.5, 0.6) is 11.5 Å². The van der Waals surface area contributed by atoms with Crippen LogP contribution >= 0.6 is 0 Å². The van der Waals surface area contributed by atoms with Crippen molar-refractivity contribution in [3.8, 4) is 11.5 Å². The van der Waals surface area contributed by atoms with Crippen LogP contribution in [-0.4, -0.2) is 28.3 Å². The highest BCUT2D eigenvalue weighted by Gasteiger charge is 2.12. The van der Waals surface area contributed by atoms with E-state index in [4.69, 9.17) is 9.47 Å². The number of nitrogens with zero attached hydrogens (tertiary/aromatic N) is 1. The minimum absolute atomic E-state index is 0.154. The molecule has 0 aliphatic carbocycles. The molecule has 0 bridgehead atoms. The minimum atomic E-state index is -3.70. The fourth-order valence-corrected chi connectivity index (χ4v) is 2.76. The van der Waals surface area contributed by atoms with Gasteiger partial charge in [0.1, 0.15) is 6.61 Å². The van der Waals surface area contributed by atoms with Crippen molar-refractivity contribution in [2.24, 2.45) is 5.10 Å². The van der Waals surface area contributed by atoms with E-state index in [1.807, 2.05) is 6.92 Å². The molecule has 0 amide bonds. The highest BCUT2D eigenvalue weighted by Crippen LogP contribution is 2.27. The van der Waals surface area contributed by atoms with Crippen molar-refractivity contribution >= 4 is 16.2 Å². The molecule has 0 atom stereocenters. The van der Waals surface area contributed by atoms with Gasteiger partial charge in [-0.1, -0.05) is 30.4 Å². The molecule has 6 nitrogen and oxygen atoms in total. The van der Waals surface area contributed by atoms with Gasteiger partial charge in [-0.3, -0.25) is 0 Å². The standard InChI is InChI=1S/C18H20N2O4S/c1-4-11-24-17-10-7-15(12-18(17)23-3)13-19-20-25(21,22)16-8-5-14(2)6-9-16/h4-10,12-13,20H,1,11H2,2-3H3. The van der Waals surface area contributed by atoms with Gasteiger partial charge in [-0.15, -0.1) is 0 Å². The summed E-state index contributed by atoms with van der Waals surface area (Å²) in [6.07, 6.45) is 3.03. The van der Waals surface area contributed by atoms with Crippen LogP contribution in [0.15, 0.2) is 65.1 Å². The summed E-state index contributed by atoms with van der Waals surface area (Å²) in [7, 11) is -2.17. The van der Waals surface area contributed by atoms with E-state index in [1.165, 1.54) is 25.5 Å². The highest BCUT2D eigenvalue weighted by molar-refractivity contribution is 7.89. The molecule has 0 saturated heterocycles. The van der Waals surface area contributed by atoms with E-state index in [0.29, 0.717) is 23.7 Å². The zero-order valence-electron chi connectivity index (χ0n) is 14.1. The quantitative estimate of drug-likeness (QED) is 0.446. The maximum atomic E-state index is 12.2. The average molecular weight is 360 g/mol. The smallest absolute Gasteiger partial charge is 0.276 e. The Kier molecular flexibility index (Phi) is 6.19. The number of hydrazone groups is 1. The van der Waals surface area contributed by atoms with E-state index in [9.17, 15) is 8.42 Å². The van der Waals surface area contributed by atoms with Crippen LogP contribution < -0.4 is 14.3 Å². The molecule has 25 heavy (non-hydrogen) atoms. The van der Waals surface area contributed by atoms with Gasteiger partial charge in [0.05, 0.1) is 18.2 Å². The second-order valence-electron chi connectivity index (χ2n) is 5.18. The third-order valence-electron chi connectivity index (χ3n) is 3.26. The van der Waals surface area contributed by atoms with Gasteiger partial charge in [0, 0.05) is 0 Å². The van der Waals surface area contributed by atoms with Crippen LogP contribution in [0, 0.1) is 6.92 Å². The van der Waals surface area contributed by atoms with Crippen LogP contribution in [0.1, 0.15) is 11.1 Å². The first-order valence-electron chi connectivity index (χ1n) is 7.49. The van der Waals surface area contributed by atoms with Crippen LogP contribution in [0.3, 0.4) is 0 Å². The summed E-state index contributed by atoms with van der Waals surface area (Å²) in [4.78, 5) is 2.34. The van der Waals surface area contributed by atoms with Crippen LogP contribution in [0.25, 0.3) is 0 Å². The predicted octanol–water partition coefficient (Wildman–Crippen LogP) is 2.88. The molecule has 0 heterocycles. The van der Waals surface area contributed by atoms with Crippen molar-refractivity contribution in [2.75, 3.05) is 13.7 Å². The summed E-state index contributed by atoms with van der Waals surface area (Å²) >= 11 is 0. The summed E-state index contributed by atoms with van der Waals surface area (Å²) in [5, 5.41) is 3.80. The Balaban J connectivity index is 2.11. The molecule has 0 saturated carbocycles. The Morgan fingerprint density at radius 2 is 1.88 bits per heavy atom. The highest BCUT2D eigenvalue weighted by atomic mass is 32.2. The lowest BCUT2D eigenvalue weighted by atomic mass is 10.2. The third-order valence-corrected chi connectivity index (χ3v) is 4.50. The molecule has 0 unspecified atom stereocenters. The Morgan fingerprint density at radius 3 is 2.52 bits per heavy atom. The molecule has 7 heteroatoms. The molecule has 0 aromatic heterocycles. The second kappa shape index (κ2) is 8.34. The Bertz CT molecular complexity index is 859.